The number of hydrogen-bond donors (Lipinski definition) is 0. The molecule has 1 amide bonds. The van der Waals surface area contributed by atoms with Crippen molar-refractivity contribution < 1.29 is 22.8 Å². The summed E-state index contributed by atoms with van der Waals surface area (Å²) in [6.07, 6.45) is -4.76. The second-order valence-electron chi connectivity index (χ2n) is 2.83. The molecule has 0 aromatic rings. The lowest BCUT2D eigenvalue weighted by atomic mass is 10.1. The average Bonchev–Trinajstić information content (AvgIpc) is 2.20. The molecule has 0 aromatic carbocycles. The van der Waals surface area contributed by atoms with Crippen molar-refractivity contribution in [2.45, 2.75) is 19.0 Å². The highest BCUT2D eigenvalue weighted by Crippen LogP contribution is 2.20. The first kappa shape index (κ1) is 13.7. The van der Waals surface area contributed by atoms with E-state index in [0.29, 0.717) is 4.90 Å². The maximum atomic E-state index is 11.9. The van der Waals surface area contributed by atoms with Gasteiger partial charge in [-0.1, -0.05) is 0 Å². The molecule has 0 unspecified atom stereocenters. The Bertz CT molecular complexity index is 240. The molecule has 86 valence electrons. The van der Waals surface area contributed by atoms with Crippen molar-refractivity contribution in [1.29, 1.82) is 0 Å². The van der Waals surface area contributed by atoms with Gasteiger partial charge in [-0.05, 0) is 0 Å². The number of carbonyl (C=O) groups is 2. The summed E-state index contributed by atoms with van der Waals surface area (Å²) < 4.78 is 35.6. The minimum atomic E-state index is -4.82. The number of carbonyl (C=O) groups excluding carboxylic acids is 2. The lowest BCUT2D eigenvalue weighted by molar-refractivity contribution is -0.186. The molecule has 1 fully saturated rings. The number of halogens is 3. The summed E-state index contributed by atoms with van der Waals surface area (Å²) in [6, 6.07) is 0. The number of amides is 1. The Labute approximate surface area is 85.5 Å². The molecule has 0 atom stereocenters. The van der Waals surface area contributed by atoms with Gasteiger partial charge in [-0.25, -0.2) is 0 Å². The normalized spacial score (nSPS) is 16.7. The van der Waals surface area contributed by atoms with Gasteiger partial charge in [0.2, 0.25) is 0 Å². The van der Waals surface area contributed by atoms with E-state index in [1.165, 1.54) is 0 Å². The molecule has 0 saturated carbocycles. The highest BCUT2D eigenvalue weighted by atomic mass is 19.4. The van der Waals surface area contributed by atoms with E-state index in [-0.39, 0.29) is 31.7 Å². The third-order valence-electron chi connectivity index (χ3n) is 1.85. The quantitative estimate of drug-likeness (QED) is 0.584. The molecule has 0 radical (unpaired) electrons. The predicted octanol–water partition coefficient (Wildman–Crippen LogP) is 1.54. The molecule has 0 aliphatic carbocycles. The van der Waals surface area contributed by atoms with E-state index >= 15 is 0 Å². The molecular formula is C9H12F3NO2. The molecule has 1 aliphatic rings. The summed E-state index contributed by atoms with van der Waals surface area (Å²) >= 11 is 0. The lowest BCUT2D eigenvalue weighted by Crippen LogP contribution is -2.45. The Morgan fingerprint density at radius 3 is 1.93 bits per heavy atom. The van der Waals surface area contributed by atoms with Gasteiger partial charge in [0.15, 0.2) is 0 Å². The van der Waals surface area contributed by atoms with E-state index in [9.17, 15) is 22.8 Å². The fraction of sp³-hybridized carbons (Fsp3) is 0.556. The van der Waals surface area contributed by atoms with E-state index in [2.05, 4.69) is 13.2 Å². The Balaban J connectivity index is 0.000000921. The summed E-state index contributed by atoms with van der Waals surface area (Å²) in [6.45, 7) is 5.77. The molecule has 1 aliphatic heterocycles. The first-order valence-electron chi connectivity index (χ1n) is 4.29. The van der Waals surface area contributed by atoms with Crippen LogP contribution < -0.4 is 0 Å². The fourth-order valence-corrected chi connectivity index (χ4v) is 1.14. The number of piperidine rings is 1. The smallest absolute Gasteiger partial charge is 0.334 e. The summed E-state index contributed by atoms with van der Waals surface area (Å²) in [4.78, 5) is 21.9. The van der Waals surface area contributed by atoms with Crippen molar-refractivity contribution in [3.05, 3.63) is 13.2 Å². The topological polar surface area (TPSA) is 37.4 Å². The number of hydrogen-bond acceptors (Lipinski definition) is 2. The van der Waals surface area contributed by atoms with Crippen LogP contribution in [0.2, 0.25) is 0 Å². The molecule has 1 heterocycles. The van der Waals surface area contributed by atoms with Crippen LogP contribution in [0.1, 0.15) is 12.8 Å². The zero-order valence-electron chi connectivity index (χ0n) is 8.14. The Morgan fingerprint density at radius 1 is 1.20 bits per heavy atom. The van der Waals surface area contributed by atoms with Crippen molar-refractivity contribution in [3.8, 4) is 0 Å². The SMILES string of the molecule is C=C.O=C1CCN(C(=O)C(F)(F)F)CC1. The zero-order chi connectivity index (χ0) is 12.1. The number of nitrogens with zero attached hydrogens (tertiary/aromatic N) is 1. The highest BCUT2D eigenvalue weighted by Gasteiger charge is 2.43. The van der Waals surface area contributed by atoms with Gasteiger partial charge in [-0.2, -0.15) is 13.2 Å². The van der Waals surface area contributed by atoms with Crippen molar-refractivity contribution in [3.63, 3.8) is 0 Å². The Kier molecular flexibility index (Phi) is 5.04. The van der Waals surface area contributed by atoms with Crippen LogP contribution in [0.15, 0.2) is 13.2 Å². The number of rotatable bonds is 0. The highest BCUT2D eigenvalue weighted by molar-refractivity contribution is 5.85. The lowest BCUT2D eigenvalue weighted by Gasteiger charge is -2.26. The molecule has 6 heteroatoms. The Hall–Kier alpha value is -1.33. The average molecular weight is 223 g/mol. The minimum Gasteiger partial charge on any atom is -0.334 e. The van der Waals surface area contributed by atoms with Crippen LogP contribution in [0.3, 0.4) is 0 Å². The minimum absolute atomic E-state index is 0.0296. The van der Waals surface area contributed by atoms with Gasteiger partial charge in [0.1, 0.15) is 5.78 Å². The van der Waals surface area contributed by atoms with Crippen LogP contribution in [0.5, 0.6) is 0 Å². The first-order chi connectivity index (χ1) is 6.91. The van der Waals surface area contributed by atoms with Gasteiger partial charge in [0.05, 0.1) is 0 Å². The molecule has 0 spiro atoms. The van der Waals surface area contributed by atoms with Gasteiger partial charge in [0, 0.05) is 25.9 Å². The van der Waals surface area contributed by atoms with Gasteiger partial charge in [-0.3, -0.25) is 9.59 Å². The monoisotopic (exact) mass is 223 g/mol. The molecule has 15 heavy (non-hydrogen) atoms. The van der Waals surface area contributed by atoms with E-state index in [1.807, 2.05) is 0 Å². The van der Waals surface area contributed by atoms with Crippen molar-refractivity contribution in [1.82, 2.24) is 4.90 Å². The van der Waals surface area contributed by atoms with Crippen LogP contribution in [0, 0.1) is 0 Å². The van der Waals surface area contributed by atoms with E-state index in [4.69, 9.17) is 0 Å². The van der Waals surface area contributed by atoms with Gasteiger partial charge in [-0.15, -0.1) is 13.2 Å². The molecule has 0 bridgehead atoms. The number of Topliss-reactive ketones (excluding diaryl/α,β-unsaturated/α-hetero) is 1. The van der Waals surface area contributed by atoms with Gasteiger partial charge in [0.25, 0.3) is 0 Å². The Morgan fingerprint density at radius 2 is 1.60 bits per heavy atom. The van der Waals surface area contributed by atoms with E-state index in [1.54, 1.807) is 0 Å². The molecule has 1 rings (SSSR count). The zero-order valence-corrected chi connectivity index (χ0v) is 8.14. The predicted molar refractivity (Wildman–Crippen MR) is 48.1 cm³/mol. The van der Waals surface area contributed by atoms with Crippen molar-refractivity contribution in [2.75, 3.05) is 13.1 Å². The number of ketones is 1. The standard InChI is InChI=1S/C7H8F3NO2.C2H4/c8-7(9,10)6(13)11-3-1-5(12)2-4-11;1-2/h1-4H2;1-2H2. The van der Waals surface area contributed by atoms with E-state index < -0.39 is 12.1 Å². The number of alkyl halides is 3. The van der Waals surface area contributed by atoms with Gasteiger partial charge >= 0.3 is 12.1 Å². The van der Waals surface area contributed by atoms with Crippen molar-refractivity contribution in [2.24, 2.45) is 0 Å². The summed E-state index contributed by atoms with van der Waals surface area (Å²) in [7, 11) is 0. The second-order valence-corrected chi connectivity index (χ2v) is 2.83. The van der Waals surface area contributed by atoms with Crippen molar-refractivity contribution >= 4 is 11.7 Å². The number of likely N-dealkylation sites (tertiary alicyclic amines) is 1. The molecule has 0 aromatic heterocycles. The second kappa shape index (κ2) is 5.53. The molecule has 3 nitrogen and oxygen atoms in total. The van der Waals surface area contributed by atoms with E-state index in [0.717, 1.165) is 0 Å². The summed E-state index contributed by atoms with van der Waals surface area (Å²) in [5.74, 6) is -1.94. The largest absolute Gasteiger partial charge is 0.471 e. The fourth-order valence-electron chi connectivity index (χ4n) is 1.14. The van der Waals surface area contributed by atoms with Crippen LogP contribution in [-0.4, -0.2) is 35.9 Å². The summed E-state index contributed by atoms with van der Waals surface area (Å²) in [5.41, 5.74) is 0. The maximum Gasteiger partial charge on any atom is 0.471 e. The summed E-state index contributed by atoms with van der Waals surface area (Å²) in [5, 5.41) is 0. The molecule has 0 N–H and O–H groups in total. The first-order valence-corrected chi connectivity index (χ1v) is 4.29. The molecule has 1 saturated heterocycles. The van der Waals surface area contributed by atoms with Crippen LogP contribution in [0.25, 0.3) is 0 Å². The van der Waals surface area contributed by atoms with Gasteiger partial charge < -0.3 is 4.90 Å². The third-order valence-corrected chi connectivity index (χ3v) is 1.85. The maximum absolute atomic E-state index is 11.9. The molecular weight excluding hydrogens is 211 g/mol. The van der Waals surface area contributed by atoms with Crippen LogP contribution in [0.4, 0.5) is 13.2 Å². The van der Waals surface area contributed by atoms with Crippen LogP contribution in [-0.2, 0) is 9.59 Å². The van der Waals surface area contributed by atoms with Crippen LogP contribution >= 0.6 is 0 Å². The third kappa shape index (κ3) is 4.14.